The number of hydrogen-bond donors (Lipinski definition) is 1. The summed E-state index contributed by atoms with van der Waals surface area (Å²) in [5.74, 6) is 0. The third kappa shape index (κ3) is 1.23. The summed E-state index contributed by atoms with van der Waals surface area (Å²) >= 11 is 0. The molecule has 0 heterocycles. The number of nitrogens with two attached hydrogens (primary N) is 1. The van der Waals surface area contributed by atoms with Gasteiger partial charge in [0.15, 0.2) is 0 Å². The maximum absolute atomic E-state index is 5.68. The molecule has 48 valence electrons. The van der Waals surface area contributed by atoms with Gasteiger partial charge >= 0.3 is 0 Å². The Kier molecular flexibility index (Phi) is 2.51. The minimum Gasteiger partial charge on any atom is -0.322 e. The monoisotopic (exact) mass is 133 g/mol. The van der Waals surface area contributed by atoms with Gasteiger partial charge in [0.2, 0.25) is 0 Å². The van der Waals surface area contributed by atoms with Crippen molar-refractivity contribution in [3.63, 3.8) is 0 Å². The minimum atomic E-state index is 0. The first-order valence-corrected chi connectivity index (χ1v) is 2.69. The molecule has 0 aliphatic heterocycles. The van der Waals surface area contributed by atoms with Crippen LogP contribution in [0.3, 0.4) is 0 Å². The molecule has 1 saturated carbocycles. The summed E-state index contributed by atoms with van der Waals surface area (Å²) in [7, 11) is 0. The van der Waals surface area contributed by atoms with E-state index in [0.717, 1.165) is 12.8 Å². The molecule has 0 aromatic carbocycles. The lowest BCUT2D eigenvalue weighted by molar-refractivity contribution is 0.318. The minimum absolute atomic E-state index is 0. The second kappa shape index (κ2) is 2.51. The smallest absolute Gasteiger partial charge is 0.0336 e. The van der Waals surface area contributed by atoms with Crippen molar-refractivity contribution < 1.29 is 0 Å². The molecule has 0 saturated heterocycles. The van der Waals surface area contributed by atoms with Crippen molar-refractivity contribution in [3.05, 3.63) is 12.7 Å². The third-order valence-electron chi connectivity index (χ3n) is 1.69. The van der Waals surface area contributed by atoms with Gasteiger partial charge in [0.25, 0.3) is 0 Å². The molecular weight excluding hydrogens is 122 g/mol. The topological polar surface area (TPSA) is 26.0 Å². The summed E-state index contributed by atoms with van der Waals surface area (Å²) < 4.78 is 0. The Morgan fingerprint density at radius 3 is 2.00 bits per heavy atom. The fourth-order valence-corrected chi connectivity index (χ4v) is 0.789. The van der Waals surface area contributed by atoms with Gasteiger partial charge in [0.05, 0.1) is 0 Å². The summed E-state index contributed by atoms with van der Waals surface area (Å²) in [6, 6.07) is 0. The number of halogens is 1. The molecule has 1 nitrogen and oxygen atoms in total. The van der Waals surface area contributed by atoms with Gasteiger partial charge in [-0.3, -0.25) is 0 Å². The molecule has 2 N–H and O–H groups in total. The molecule has 0 aromatic rings. The Labute approximate surface area is 56.4 Å². The molecule has 0 unspecified atom stereocenters. The van der Waals surface area contributed by atoms with E-state index in [4.69, 9.17) is 5.73 Å². The highest BCUT2D eigenvalue weighted by molar-refractivity contribution is 5.85. The van der Waals surface area contributed by atoms with Crippen LogP contribution in [0, 0.1) is 0 Å². The van der Waals surface area contributed by atoms with E-state index in [1.54, 1.807) is 0 Å². The average molecular weight is 134 g/mol. The van der Waals surface area contributed by atoms with Crippen LogP contribution in [-0.4, -0.2) is 5.54 Å². The predicted octanol–water partition coefficient (Wildman–Crippen LogP) is 1.48. The van der Waals surface area contributed by atoms with E-state index in [1.807, 2.05) is 6.08 Å². The highest BCUT2D eigenvalue weighted by atomic mass is 35.5. The second-order valence-corrected chi connectivity index (χ2v) is 2.29. The van der Waals surface area contributed by atoms with Crippen molar-refractivity contribution in [2.45, 2.75) is 24.8 Å². The molecule has 0 spiro atoms. The van der Waals surface area contributed by atoms with Gasteiger partial charge in [0.1, 0.15) is 0 Å². The summed E-state index contributed by atoms with van der Waals surface area (Å²) in [5, 5.41) is 0. The normalized spacial score (nSPS) is 22.6. The zero-order valence-corrected chi connectivity index (χ0v) is 5.71. The second-order valence-electron chi connectivity index (χ2n) is 2.29. The van der Waals surface area contributed by atoms with E-state index in [2.05, 4.69) is 6.58 Å². The molecule has 1 aliphatic carbocycles. The van der Waals surface area contributed by atoms with Crippen LogP contribution in [0.5, 0.6) is 0 Å². The van der Waals surface area contributed by atoms with Crippen LogP contribution in [0.15, 0.2) is 12.7 Å². The fraction of sp³-hybridized carbons (Fsp3) is 0.667. The molecule has 1 aliphatic rings. The zero-order valence-electron chi connectivity index (χ0n) is 4.89. The van der Waals surface area contributed by atoms with Gasteiger partial charge < -0.3 is 5.73 Å². The van der Waals surface area contributed by atoms with Gasteiger partial charge in [-0.05, 0) is 19.3 Å². The summed E-state index contributed by atoms with van der Waals surface area (Å²) in [6.07, 6.45) is 5.41. The van der Waals surface area contributed by atoms with Crippen molar-refractivity contribution in [1.29, 1.82) is 0 Å². The Morgan fingerprint density at radius 2 is 2.00 bits per heavy atom. The molecule has 0 aromatic heterocycles. The number of rotatable bonds is 1. The van der Waals surface area contributed by atoms with Crippen molar-refractivity contribution in [3.8, 4) is 0 Å². The van der Waals surface area contributed by atoms with Gasteiger partial charge in [-0.2, -0.15) is 0 Å². The molecule has 2 heteroatoms. The first-order valence-electron chi connectivity index (χ1n) is 2.69. The maximum Gasteiger partial charge on any atom is 0.0336 e. The van der Waals surface area contributed by atoms with Crippen LogP contribution in [0.25, 0.3) is 0 Å². The van der Waals surface area contributed by atoms with E-state index in [9.17, 15) is 0 Å². The van der Waals surface area contributed by atoms with Crippen molar-refractivity contribution in [2.24, 2.45) is 5.73 Å². The highest BCUT2D eigenvalue weighted by Crippen LogP contribution is 2.29. The first-order chi connectivity index (χ1) is 3.27. The summed E-state index contributed by atoms with van der Waals surface area (Å²) in [4.78, 5) is 0. The van der Waals surface area contributed by atoms with Gasteiger partial charge in [-0.25, -0.2) is 0 Å². The Hall–Kier alpha value is -0.0100. The lowest BCUT2D eigenvalue weighted by atomic mass is 9.78. The third-order valence-corrected chi connectivity index (χ3v) is 1.69. The van der Waals surface area contributed by atoms with Crippen molar-refractivity contribution in [1.82, 2.24) is 0 Å². The van der Waals surface area contributed by atoms with E-state index in [0.29, 0.717) is 0 Å². The average Bonchev–Trinajstić information content (AvgIpc) is 1.61. The Bertz CT molecular complexity index is 86.5. The van der Waals surface area contributed by atoms with Crippen LogP contribution in [0.4, 0.5) is 0 Å². The highest BCUT2D eigenvalue weighted by Gasteiger charge is 2.28. The van der Waals surface area contributed by atoms with E-state index < -0.39 is 0 Å². The van der Waals surface area contributed by atoms with Crippen LogP contribution < -0.4 is 5.73 Å². The van der Waals surface area contributed by atoms with Crippen molar-refractivity contribution in [2.75, 3.05) is 0 Å². The van der Waals surface area contributed by atoms with Crippen LogP contribution in [0.1, 0.15) is 19.3 Å². The van der Waals surface area contributed by atoms with E-state index in [-0.39, 0.29) is 17.9 Å². The summed E-state index contributed by atoms with van der Waals surface area (Å²) in [6.45, 7) is 3.63. The molecule has 1 fully saturated rings. The maximum atomic E-state index is 5.68. The lowest BCUT2D eigenvalue weighted by Crippen LogP contribution is -2.43. The molecule has 0 radical (unpaired) electrons. The number of hydrogen-bond acceptors (Lipinski definition) is 1. The van der Waals surface area contributed by atoms with Gasteiger partial charge in [0, 0.05) is 5.54 Å². The van der Waals surface area contributed by atoms with Gasteiger partial charge in [-0.15, -0.1) is 19.0 Å². The molecule has 0 atom stereocenters. The first kappa shape index (κ1) is 7.99. The predicted molar refractivity (Wildman–Crippen MR) is 38.2 cm³/mol. The summed E-state index contributed by atoms with van der Waals surface area (Å²) in [5.41, 5.74) is 5.71. The van der Waals surface area contributed by atoms with Crippen LogP contribution in [0.2, 0.25) is 0 Å². The molecule has 0 bridgehead atoms. The van der Waals surface area contributed by atoms with E-state index in [1.165, 1.54) is 6.42 Å². The Balaban J connectivity index is 0.000000490. The molecule has 0 amide bonds. The van der Waals surface area contributed by atoms with E-state index >= 15 is 0 Å². The largest absolute Gasteiger partial charge is 0.322 e. The lowest BCUT2D eigenvalue weighted by Gasteiger charge is -2.34. The Morgan fingerprint density at radius 1 is 1.50 bits per heavy atom. The van der Waals surface area contributed by atoms with Gasteiger partial charge in [-0.1, -0.05) is 6.08 Å². The molecule has 8 heavy (non-hydrogen) atoms. The van der Waals surface area contributed by atoms with Crippen LogP contribution in [-0.2, 0) is 0 Å². The molecular formula is C6H12ClN. The SMILES string of the molecule is C=CC1(N)CCC1.Cl. The quantitative estimate of drug-likeness (QED) is 0.539. The zero-order chi connectivity index (χ0) is 5.33. The van der Waals surface area contributed by atoms with Crippen LogP contribution >= 0.6 is 12.4 Å². The molecule has 1 rings (SSSR count). The van der Waals surface area contributed by atoms with Crippen molar-refractivity contribution >= 4 is 12.4 Å². The fourth-order valence-electron chi connectivity index (χ4n) is 0.789. The standard InChI is InChI=1S/C6H11N.ClH/c1-2-6(7)4-3-5-6;/h2H,1,3-5,7H2;1H.